The van der Waals surface area contributed by atoms with E-state index >= 15 is 0 Å². The Morgan fingerprint density at radius 2 is 2.17 bits per heavy atom. The van der Waals surface area contributed by atoms with E-state index in [1.54, 1.807) is 0 Å². The Labute approximate surface area is 109 Å². The van der Waals surface area contributed by atoms with Crippen molar-refractivity contribution in [3.05, 3.63) is 35.9 Å². The molecule has 1 fully saturated rings. The van der Waals surface area contributed by atoms with Crippen molar-refractivity contribution in [3.8, 4) is 0 Å². The molecular formula is C15H23NO2. The summed E-state index contributed by atoms with van der Waals surface area (Å²) in [5, 5.41) is 13.1. The van der Waals surface area contributed by atoms with E-state index in [9.17, 15) is 5.11 Å². The molecule has 1 aliphatic rings. The van der Waals surface area contributed by atoms with Gasteiger partial charge < -0.3 is 15.2 Å². The van der Waals surface area contributed by atoms with Crippen molar-refractivity contribution < 1.29 is 9.84 Å². The number of ether oxygens (including phenoxy) is 1. The number of aliphatic hydroxyl groups excluding tert-OH is 1. The highest BCUT2D eigenvalue weighted by Gasteiger charge is 2.25. The van der Waals surface area contributed by atoms with Crippen LogP contribution < -0.4 is 5.32 Å². The second kappa shape index (κ2) is 6.32. The van der Waals surface area contributed by atoms with Crippen molar-refractivity contribution in [1.82, 2.24) is 5.32 Å². The highest BCUT2D eigenvalue weighted by Crippen LogP contribution is 2.15. The third kappa shape index (κ3) is 3.80. The van der Waals surface area contributed by atoms with Crippen LogP contribution in [0.3, 0.4) is 0 Å². The van der Waals surface area contributed by atoms with Crippen LogP contribution in [0, 0.1) is 0 Å². The van der Waals surface area contributed by atoms with E-state index in [0.717, 1.165) is 32.4 Å². The van der Waals surface area contributed by atoms with Crippen molar-refractivity contribution in [2.24, 2.45) is 0 Å². The van der Waals surface area contributed by atoms with Gasteiger partial charge in [0.15, 0.2) is 0 Å². The van der Waals surface area contributed by atoms with Crippen LogP contribution in [0.4, 0.5) is 0 Å². The fraction of sp³-hybridized carbons (Fsp3) is 0.600. The Morgan fingerprint density at radius 3 is 2.78 bits per heavy atom. The number of nitrogens with one attached hydrogen (secondary N) is 1. The Balaban J connectivity index is 1.88. The number of hydrogen-bond acceptors (Lipinski definition) is 3. The Kier molecular flexibility index (Phi) is 4.75. The molecule has 1 aliphatic heterocycles. The van der Waals surface area contributed by atoms with Crippen LogP contribution in [0.2, 0.25) is 0 Å². The Bertz CT molecular complexity index is 349. The van der Waals surface area contributed by atoms with Gasteiger partial charge in [0.25, 0.3) is 0 Å². The molecule has 1 aromatic rings. The number of benzene rings is 1. The molecule has 2 N–H and O–H groups in total. The largest absolute Gasteiger partial charge is 0.394 e. The van der Waals surface area contributed by atoms with Gasteiger partial charge in [-0.3, -0.25) is 0 Å². The SMILES string of the molecule is CC(CO)(Cc1ccccc1)NCC1CCCO1. The second-order valence-electron chi connectivity index (χ2n) is 5.40. The van der Waals surface area contributed by atoms with Gasteiger partial charge in [-0.05, 0) is 31.7 Å². The smallest absolute Gasteiger partial charge is 0.0700 e. The van der Waals surface area contributed by atoms with Crippen molar-refractivity contribution in [3.63, 3.8) is 0 Å². The molecule has 0 spiro atoms. The summed E-state index contributed by atoms with van der Waals surface area (Å²) < 4.78 is 5.60. The summed E-state index contributed by atoms with van der Waals surface area (Å²) in [5.74, 6) is 0. The predicted molar refractivity (Wildman–Crippen MR) is 72.6 cm³/mol. The van der Waals surface area contributed by atoms with Gasteiger partial charge in [-0.15, -0.1) is 0 Å². The molecule has 3 nitrogen and oxygen atoms in total. The van der Waals surface area contributed by atoms with Crippen molar-refractivity contribution in [2.75, 3.05) is 19.8 Å². The van der Waals surface area contributed by atoms with Gasteiger partial charge in [-0.25, -0.2) is 0 Å². The minimum Gasteiger partial charge on any atom is -0.394 e. The van der Waals surface area contributed by atoms with Crippen molar-refractivity contribution in [1.29, 1.82) is 0 Å². The minimum absolute atomic E-state index is 0.134. The van der Waals surface area contributed by atoms with Crippen LogP contribution in [0.5, 0.6) is 0 Å². The maximum atomic E-state index is 9.62. The van der Waals surface area contributed by atoms with Gasteiger partial charge in [0.2, 0.25) is 0 Å². The number of hydrogen-bond donors (Lipinski definition) is 2. The molecular weight excluding hydrogens is 226 g/mol. The third-order valence-electron chi connectivity index (χ3n) is 3.57. The van der Waals surface area contributed by atoms with Gasteiger partial charge in [-0.1, -0.05) is 30.3 Å². The normalized spacial score (nSPS) is 22.9. The molecule has 1 heterocycles. The average molecular weight is 249 g/mol. The molecule has 100 valence electrons. The van der Waals surface area contributed by atoms with Gasteiger partial charge in [0.05, 0.1) is 12.7 Å². The molecule has 0 aromatic heterocycles. The standard InChI is InChI=1S/C15H23NO2/c1-15(12-17,10-13-6-3-2-4-7-13)16-11-14-8-5-9-18-14/h2-4,6-7,14,16-17H,5,8-12H2,1H3. The summed E-state index contributed by atoms with van der Waals surface area (Å²) in [5.41, 5.74) is 0.974. The fourth-order valence-electron chi connectivity index (χ4n) is 2.39. The maximum Gasteiger partial charge on any atom is 0.0700 e. The second-order valence-corrected chi connectivity index (χ2v) is 5.40. The Hall–Kier alpha value is -0.900. The summed E-state index contributed by atoms with van der Waals surface area (Å²) in [6.45, 7) is 3.90. The van der Waals surface area contributed by atoms with Crippen molar-refractivity contribution in [2.45, 2.75) is 37.8 Å². The molecule has 3 heteroatoms. The summed E-state index contributed by atoms with van der Waals surface area (Å²) in [6, 6.07) is 10.3. The lowest BCUT2D eigenvalue weighted by molar-refractivity contribution is 0.0913. The summed E-state index contributed by atoms with van der Waals surface area (Å²) in [6.07, 6.45) is 3.42. The third-order valence-corrected chi connectivity index (χ3v) is 3.57. The lowest BCUT2D eigenvalue weighted by atomic mass is 9.93. The van der Waals surface area contributed by atoms with Gasteiger partial charge >= 0.3 is 0 Å². The van der Waals surface area contributed by atoms with Crippen molar-refractivity contribution >= 4 is 0 Å². The number of aliphatic hydroxyl groups is 1. The highest BCUT2D eigenvalue weighted by molar-refractivity contribution is 5.17. The van der Waals surface area contributed by atoms with E-state index in [1.165, 1.54) is 5.56 Å². The van der Waals surface area contributed by atoms with E-state index in [0.29, 0.717) is 6.10 Å². The monoisotopic (exact) mass is 249 g/mol. The lowest BCUT2D eigenvalue weighted by Gasteiger charge is -2.30. The quantitative estimate of drug-likeness (QED) is 0.807. The van der Waals surface area contributed by atoms with Gasteiger partial charge in [0.1, 0.15) is 0 Å². The van der Waals surface area contributed by atoms with E-state index in [1.807, 2.05) is 18.2 Å². The first-order valence-electron chi connectivity index (χ1n) is 6.73. The molecule has 0 saturated carbocycles. The zero-order chi connectivity index (χ0) is 12.8. The molecule has 2 atom stereocenters. The Morgan fingerprint density at radius 1 is 1.39 bits per heavy atom. The molecule has 0 aliphatic carbocycles. The van der Waals surface area contributed by atoms with E-state index < -0.39 is 0 Å². The molecule has 0 radical (unpaired) electrons. The maximum absolute atomic E-state index is 9.62. The van der Waals surface area contributed by atoms with Crippen LogP contribution in [-0.4, -0.2) is 36.5 Å². The van der Waals surface area contributed by atoms with Crippen LogP contribution in [0.1, 0.15) is 25.3 Å². The predicted octanol–water partition coefficient (Wildman–Crippen LogP) is 1.75. The minimum atomic E-state index is -0.271. The molecule has 1 aromatic carbocycles. The van der Waals surface area contributed by atoms with E-state index in [-0.39, 0.29) is 12.1 Å². The summed E-state index contributed by atoms with van der Waals surface area (Å²) in [4.78, 5) is 0. The highest BCUT2D eigenvalue weighted by atomic mass is 16.5. The zero-order valence-corrected chi connectivity index (χ0v) is 11.1. The van der Waals surface area contributed by atoms with Crippen LogP contribution in [-0.2, 0) is 11.2 Å². The van der Waals surface area contributed by atoms with Gasteiger partial charge in [-0.2, -0.15) is 0 Å². The molecule has 0 bridgehead atoms. The van der Waals surface area contributed by atoms with Crippen LogP contribution in [0.15, 0.2) is 30.3 Å². The van der Waals surface area contributed by atoms with E-state index in [4.69, 9.17) is 4.74 Å². The first kappa shape index (κ1) is 13.5. The lowest BCUT2D eigenvalue weighted by Crippen LogP contribution is -2.50. The molecule has 18 heavy (non-hydrogen) atoms. The van der Waals surface area contributed by atoms with E-state index in [2.05, 4.69) is 24.4 Å². The molecule has 2 rings (SSSR count). The first-order valence-corrected chi connectivity index (χ1v) is 6.73. The van der Waals surface area contributed by atoms with Crippen LogP contribution in [0.25, 0.3) is 0 Å². The van der Waals surface area contributed by atoms with Gasteiger partial charge in [0, 0.05) is 18.7 Å². The summed E-state index contributed by atoms with van der Waals surface area (Å²) in [7, 11) is 0. The first-order chi connectivity index (χ1) is 8.72. The average Bonchev–Trinajstić information content (AvgIpc) is 2.91. The summed E-state index contributed by atoms with van der Waals surface area (Å²) >= 11 is 0. The molecule has 1 saturated heterocycles. The number of rotatable bonds is 6. The molecule has 2 unspecified atom stereocenters. The fourth-order valence-corrected chi connectivity index (χ4v) is 2.39. The van der Waals surface area contributed by atoms with Crippen LogP contribution >= 0.6 is 0 Å². The topological polar surface area (TPSA) is 41.5 Å². The zero-order valence-electron chi connectivity index (χ0n) is 11.1. The molecule has 0 amide bonds.